The third-order valence-corrected chi connectivity index (χ3v) is 6.19. The van der Waals surface area contributed by atoms with Crippen molar-refractivity contribution in [1.82, 2.24) is 9.97 Å². The van der Waals surface area contributed by atoms with E-state index in [9.17, 15) is 4.79 Å². The zero-order valence-electron chi connectivity index (χ0n) is 16.9. The first-order chi connectivity index (χ1) is 14.6. The summed E-state index contributed by atoms with van der Waals surface area (Å²) >= 11 is 6.29. The molecule has 2 aliphatic heterocycles. The van der Waals surface area contributed by atoms with E-state index in [0.717, 1.165) is 62.4 Å². The molecule has 7 nitrogen and oxygen atoms in total. The highest BCUT2D eigenvalue weighted by Gasteiger charge is 2.24. The van der Waals surface area contributed by atoms with Gasteiger partial charge in [0.05, 0.1) is 28.9 Å². The summed E-state index contributed by atoms with van der Waals surface area (Å²) in [4.78, 5) is 22.2. The second kappa shape index (κ2) is 9.62. The topological polar surface area (TPSA) is 87.6 Å². The summed E-state index contributed by atoms with van der Waals surface area (Å²) in [5.41, 5.74) is 2.83. The third kappa shape index (κ3) is 5.21. The number of carboxylic acid groups (broad SMARTS) is 1. The largest absolute Gasteiger partial charge is 0.481 e. The Bertz CT molecular complexity index is 863. The van der Waals surface area contributed by atoms with Crippen molar-refractivity contribution in [2.75, 3.05) is 29.9 Å². The molecular formula is C22H27ClN4O3. The van der Waals surface area contributed by atoms with Crippen LogP contribution < -0.4 is 10.2 Å². The van der Waals surface area contributed by atoms with Gasteiger partial charge in [-0.05, 0) is 62.8 Å². The number of aromatic nitrogens is 2. The van der Waals surface area contributed by atoms with Crippen LogP contribution in [0.25, 0.3) is 0 Å². The van der Waals surface area contributed by atoms with Crippen molar-refractivity contribution >= 4 is 34.9 Å². The Morgan fingerprint density at radius 2 is 2.00 bits per heavy atom. The molecule has 0 amide bonds. The molecule has 2 saturated heterocycles. The Morgan fingerprint density at radius 1 is 1.23 bits per heavy atom. The van der Waals surface area contributed by atoms with Crippen LogP contribution in [0.5, 0.6) is 0 Å². The van der Waals surface area contributed by atoms with Gasteiger partial charge in [0, 0.05) is 31.1 Å². The lowest BCUT2D eigenvalue weighted by Crippen LogP contribution is -2.36. The molecule has 1 aromatic heterocycles. The first kappa shape index (κ1) is 20.9. The average Bonchev–Trinajstić information content (AvgIpc) is 3.28. The molecule has 1 unspecified atom stereocenters. The number of carboxylic acids is 1. The Kier molecular flexibility index (Phi) is 6.69. The minimum atomic E-state index is -0.688. The van der Waals surface area contributed by atoms with Gasteiger partial charge >= 0.3 is 5.97 Å². The van der Waals surface area contributed by atoms with Gasteiger partial charge in [0.25, 0.3) is 0 Å². The number of hydrogen-bond donors (Lipinski definition) is 2. The van der Waals surface area contributed by atoms with Crippen molar-refractivity contribution in [3.05, 3.63) is 41.2 Å². The summed E-state index contributed by atoms with van der Waals surface area (Å²) in [6.45, 7) is 2.37. The molecule has 2 N–H and O–H groups in total. The number of rotatable bonds is 7. The Balaban J connectivity index is 1.35. The van der Waals surface area contributed by atoms with Gasteiger partial charge in [-0.25, -0.2) is 9.97 Å². The molecule has 30 heavy (non-hydrogen) atoms. The molecule has 4 rings (SSSR count). The summed E-state index contributed by atoms with van der Waals surface area (Å²) < 4.78 is 5.68. The molecule has 160 valence electrons. The van der Waals surface area contributed by atoms with Crippen LogP contribution in [0.2, 0.25) is 5.02 Å². The van der Waals surface area contributed by atoms with Gasteiger partial charge in [0.15, 0.2) is 0 Å². The lowest BCUT2D eigenvalue weighted by molar-refractivity contribution is -0.142. The van der Waals surface area contributed by atoms with E-state index in [1.54, 1.807) is 6.20 Å². The molecule has 0 bridgehead atoms. The summed E-state index contributed by atoms with van der Waals surface area (Å²) in [5, 5.41) is 13.0. The summed E-state index contributed by atoms with van der Waals surface area (Å²) in [7, 11) is 0. The van der Waals surface area contributed by atoms with Gasteiger partial charge in [-0.3, -0.25) is 4.79 Å². The van der Waals surface area contributed by atoms with Gasteiger partial charge in [0.1, 0.15) is 0 Å². The monoisotopic (exact) mass is 430 g/mol. The van der Waals surface area contributed by atoms with Crippen LogP contribution in [-0.2, 0) is 16.0 Å². The van der Waals surface area contributed by atoms with E-state index >= 15 is 0 Å². The second-order valence-corrected chi connectivity index (χ2v) is 8.34. The maximum atomic E-state index is 11.1. The van der Waals surface area contributed by atoms with E-state index < -0.39 is 5.97 Å². The molecule has 1 atom stereocenters. The van der Waals surface area contributed by atoms with Crippen molar-refractivity contribution in [1.29, 1.82) is 0 Å². The number of benzene rings is 1. The van der Waals surface area contributed by atoms with Crippen LogP contribution in [0.15, 0.2) is 30.5 Å². The van der Waals surface area contributed by atoms with Crippen LogP contribution >= 0.6 is 11.6 Å². The number of anilines is 3. The number of nitrogens with one attached hydrogen (secondary N) is 1. The number of piperidine rings is 1. The highest BCUT2D eigenvalue weighted by molar-refractivity contribution is 6.31. The molecule has 3 heterocycles. The average molecular weight is 431 g/mol. The lowest BCUT2D eigenvalue weighted by atomic mass is 9.97. The Labute approximate surface area is 181 Å². The smallest absolute Gasteiger partial charge is 0.306 e. The number of hydrogen-bond acceptors (Lipinski definition) is 6. The summed E-state index contributed by atoms with van der Waals surface area (Å²) in [6.07, 6.45) is 7.24. The van der Waals surface area contributed by atoms with E-state index in [4.69, 9.17) is 21.4 Å². The van der Waals surface area contributed by atoms with Crippen LogP contribution in [0.3, 0.4) is 0 Å². The first-order valence-corrected chi connectivity index (χ1v) is 10.9. The highest BCUT2D eigenvalue weighted by atomic mass is 35.5. The van der Waals surface area contributed by atoms with E-state index in [-0.39, 0.29) is 5.92 Å². The van der Waals surface area contributed by atoms with E-state index in [2.05, 4.69) is 20.2 Å². The minimum absolute atomic E-state index is 0.223. The quantitative estimate of drug-likeness (QED) is 0.677. The van der Waals surface area contributed by atoms with E-state index in [1.807, 2.05) is 24.3 Å². The molecular weight excluding hydrogens is 404 g/mol. The van der Waals surface area contributed by atoms with E-state index in [0.29, 0.717) is 29.9 Å². The van der Waals surface area contributed by atoms with Crippen LogP contribution in [-0.4, -0.2) is 46.8 Å². The minimum Gasteiger partial charge on any atom is -0.481 e. The van der Waals surface area contributed by atoms with Crippen molar-refractivity contribution in [2.45, 2.75) is 44.6 Å². The highest BCUT2D eigenvalue weighted by Crippen LogP contribution is 2.26. The van der Waals surface area contributed by atoms with Gasteiger partial charge < -0.3 is 20.1 Å². The Hall–Kier alpha value is -2.38. The number of aryl methyl sites for hydroxylation is 1. The van der Waals surface area contributed by atoms with Crippen LogP contribution in [0.4, 0.5) is 17.3 Å². The lowest BCUT2D eigenvalue weighted by Gasteiger charge is -2.32. The first-order valence-electron chi connectivity index (χ1n) is 10.6. The number of nitrogens with zero attached hydrogens (tertiary/aromatic N) is 3. The fourth-order valence-corrected chi connectivity index (χ4v) is 4.26. The van der Waals surface area contributed by atoms with Crippen molar-refractivity contribution in [2.24, 2.45) is 5.92 Å². The third-order valence-electron chi connectivity index (χ3n) is 5.88. The predicted molar refractivity (Wildman–Crippen MR) is 117 cm³/mol. The number of carbonyl (C=O) groups is 1. The molecule has 2 aromatic rings. The van der Waals surface area contributed by atoms with Crippen molar-refractivity contribution < 1.29 is 14.6 Å². The predicted octanol–water partition coefficient (Wildman–Crippen LogP) is 4.29. The van der Waals surface area contributed by atoms with Crippen LogP contribution in [0, 0.1) is 5.92 Å². The normalized spacial score (nSPS) is 19.8. The fourth-order valence-electron chi connectivity index (χ4n) is 4.08. The fraction of sp³-hybridized carbons (Fsp3) is 0.500. The number of ether oxygens (including phenoxy) is 1. The standard InChI is InChI=1S/C22H27ClN4O3/c23-19-14-24-22(26-20(19)8-7-18-2-1-13-30-18)25-16-3-5-17(6-4-16)27-11-9-15(10-12-27)21(28)29/h3-6,14-15,18H,1-2,7-13H2,(H,28,29)(H,24,25,26). The molecule has 8 heteroatoms. The Morgan fingerprint density at radius 3 is 2.67 bits per heavy atom. The van der Waals surface area contributed by atoms with Crippen molar-refractivity contribution in [3.8, 4) is 0 Å². The second-order valence-electron chi connectivity index (χ2n) is 7.93. The maximum absolute atomic E-state index is 11.1. The molecule has 2 fully saturated rings. The van der Waals surface area contributed by atoms with Gasteiger partial charge in [-0.2, -0.15) is 0 Å². The summed E-state index contributed by atoms with van der Waals surface area (Å²) in [5.74, 6) is -0.386. The van der Waals surface area contributed by atoms with Gasteiger partial charge in [-0.15, -0.1) is 0 Å². The summed E-state index contributed by atoms with van der Waals surface area (Å²) in [6, 6.07) is 8.06. The van der Waals surface area contributed by atoms with Crippen molar-refractivity contribution in [3.63, 3.8) is 0 Å². The molecule has 0 spiro atoms. The van der Waals surface area contributed by atoms with Crippen LogP contribution in [0.1, 0.15) is 37.8 Å². The molecule has 0 aliphatic carbocycles. The number of aliphatic carboxylic acids is 1. The van der Waals surface area contributed by atoms with E-state index in [1.165, 1.54) is 0 Å². The van der Waals surface area contributed by atoms with Gasteiger partial charge in [0.2, 0.25) is 5.95 Å². The SMILES string of the molecule is O=C(O)C1CCN(c2ccc(Nc3ncc(Cl)c(CCC4CCCO4)n3)cc2)CC1. The molecule has 2 aliphatic rings. The maximum Gasteiger partial charge on any atom is 0.306 e. The number of halogens is 1. The zero-order valence-corrected chi connectivity index (χ0v) is 17.6. The molecule has 0 radical (unpaired) electrons. The zero-order chi connectivity index (χ0) is 20.9. The molecule has 0 saturated carbocycles. The molecule has 1 aromatic carbocycles. The van der Waals surface area contributed by atoms with Gasteiger partial charge in [-0.1, -0.05) is 11.6 Å².